The lowest BCUT2D eigenvalue weighted by Gasteiger charge is -2.13. The van der Waals surface area contributed by atoms with Gasteiger partial charge in [-0.05, 0) is 43.3 Å². The number of hydrogen-bond donors (Lipinski definition) is 1. The zero-order valence-electron chi connectivity index (χ0n) is 11.8. The summed E-state index contributed by atoms with van der Waals surface area (Å²) in [5, 5.41) is 3.97. The van der Waals surface area contributed by atoms with Crippen LogP contribution in [-0.2, 0) is 6.61 Å². The molecular formula is C16H19ClN2O. The van der Waals surface area contributed by atoms with E-state index in [2.05, 4.69) is 17.2 Å². The van der Waals surface area contributed by atoms with E-state index in [0.29, 0.717) is 12.6 Å². The van der Waals surface area contributed by atoms with Crippen LogP contribution in [0.15, 0.2) is 42.6 Å². The van der Waals surface area contributed by atoms with E-state index in [4.69, 9.17) is 16.3 Å². The van der Waals surface area contributed by atoms with Crippen LogP contribution in [0.3, 0.4) is 0 Å². The smallest absolute Gasteiger partial charge is 0.138 e. The van der Waals surface area contributed by atoms with Crippen LogP contribution in [-0.4, -0.2) is 12.0 Å². The monoisotopic (exact) mass is 290 g/mol. The minimum absolute atomic E-state index is 0.292. The van der Waals surface area contributed by atoms with Gasteiger partial charge >= 0.3 is 0 Å². The third-order valence-corrected chi connectivity index (χ3v) is 3.44. The fourth-order valence-corrected chi connectivity index (χ4v) is 2.12. The fourth-order valence-electron chi connectivity index (χ4n) is 1.99. The van der Waals surface area contributed by atoms with Gasteiger partial charge in [-0.25, -0.2) is 0 Å². The Balaban J connectivity index is 1.95. The predicted molar refractivity (Wildman–Crippen MR) is 82.1 cm³/mol. The molecule has 3 nitrogen and oxygen atoms in total. The van der Waals surface area contributed by atoms with Gasteiger partial charge in [0.25, 0.3) is 0 Å². The predicted octanol–water partition coefficient (Wildman–Crippen LogP) is 3.98. The maximum Gasteiger partial charge on any atom is 0.138 e. The number of pyridine rings is 1. The maximum absolute atomic E-state index is 5.85. The lowest BCUT2D eigenvalue weighted by molar-refractivity contribution is 0.304. The van der Waals surface area contributed by atoms with E-state index in [-0.39, 0.29) is 0 Å². The Labute approximate surface area is 124 Å². The first-order valence-corrected chi connectivity index (χ1v) is 7.11. The van der Waals surface area contributed by atoms with E-state index in [1.807, 2.05) is 43.4 Å². The molecule has 0 radical (unpaired) electrons. The fraction of sp³-hybridized carbons (Fsp3) is 0.312. The molecule has 106 valence electrons. The summed E-state index contributed by atoms with van der Waals surface area (Å²) in [6.45, 7) is 2.65. The Hall–Kier alpha value is -1.58. The summed E-state index contributed by atoms with van der Waals surface area (Å²) in [6.07, 6.45) is 2.78. The summed E-state index contributed by atoms with van der Waals surface area (Å²) in [5.41, 5.74) is 2.12. The normalized spacial score (nSPS) is 12.2. The lowest BCUT2D eigenvalue weighted by atomic mass is 10.1. The van der Waals surface area contributed by atoms with E-state index < -0.39 is 0 Å². The van der Waals surface area contributed by atoms with Gasteiger partial charge in [0.05, 0.1) is 11.9 Å². The van der Waals surface area contributed by atoms with E-state index in [1.165, 1.54) is 0 Å². The number of ether oxygens (including phenoxy) is 1. The van der Waals surface area contributed by atoms with Crippen LogP contribution in [0.2, 0.25) is 5.02 Å². The maximum atomic E-state index is 5.85. The third-order valence-electron chi connectivity index (χ3n) is 3.19. The van der Waals surface area contributed by atoms with Gasteiger partial charge in [-0.2, -0.15) is 0 Å². The summed E-state index contributed by atoms with van der Waals surface area (Å²) < 4.78 is 5.71. The highest BCUT2D eigenvalue weighted by molar-refractivity contribution is 6.30. The molecule has 0 aliphatic heterocycles. The van der Waals surface area contributed by atoms with Crippen molar-refractivity contribution in [1.82, 2.24) is 10.3 Å². The summed E-state index contributed by atoms with van der Waals surface area (Å²) in [7, 11) is 1.95. The van der Waals surface area contributed by atoms with Gasteiger partial charge < -0.3 is 10.1 Å². The second-order valence-corrected chi connectivity index (χ2v) is 5.02. The lowest BCUT2D eigenvalue weighted by Crippen LogP contribution is -2.16. The number of nitrogens with zero attached hydrogens (tertiary/aromatic N) is 1. The Morgan fingerprint density at radius 1 is 1.20 bits per heavy atom. The van der Waals surface area contributed by atoms with Crippen molar-refractivity contribution in [3.8, 4) is 5.75 Å². The summed E-state index contributed by atoms with van der Waals surface area (Å²) >= 11 is 5.85. The summed E-state index contributed by atoms with van der Waals surface area (Å²) in [6, 6.07) is 11.9. The van der Waals surface area contributed by atoms with Crippen LogP contribution >= 0.6 is 11.6 Å². The van der Waals surface area contributed by atoms with Crippen LogP contribution in [0.4, 0.5) is 0 Å². The van der Waals surface area contributed by atoms with Crippen molar-refractivity contribution in [2.45, 2.75) is 26.0 Å². The Kier molecular flexibility index (Phi) is 5.39. The summed E-state index contributed by atoms with van der Waals surface area (Å²) in [5.74, 6) is 0.773. The minimum Gasteiger partial charge on any atom is -0.487 e. The molecule has 0 amide bonds. The van der Waals surface area contributed by atoms with Gasteiger partial charge in [0, 0.05) is 11.1 Å². The quantitative estimate of drug-likeness (QED) is 0.873. The van der Waals surface area contributed by atoms with E-state index in [0.717, 1.165) is 28.5 Å². The number of halogens is 1. The molecular weight excluding hydrogens is 272 g/mol. The molecule has 20 heavy (non-hydrogen) atoms. The molecule has 1 atom stereocenters. The molecule has 1 aromatic heterocycles. The molecule has 0 aliphatic carbocycles. The summed E-state index contributed by atoms with van der Waals surface area (Å²) in [4.78, 5) is 4.44. The Bertz CT molecular complexity index is 521. The van der Waals surface area contributed by atoms with E-state index >= 15 is 0 Å². The molecule has 4 heteroatoms. The van der Waals surface area contributed by atoms with Gasteiger partial charge in [-0.1, -0.05) is 30.7 Å². The van der Waals surface area contributed by atoms with Crippen molar-refractivity contribution < 1.29 is 4.74 Å². The topological polar surface area (TPSA) is 34.1 Å². The van der Waals surface area contributed by atoms with Crippen LogP contribution in [0, 0.1) is 0 Å². The average molecular weight is 291 g/mol. The van der Waals surface area contributed by atoms with Crippen molar-refractivity contribution in [1.29, 1.82) is 0 Å². The molecule has 2 aromatic rings. The van der Waals surface area contributed by atoms with Crippen molar-refractivity contribution in [2.75, 3.05) is 7.05 Å². The van der Waals surface area contributed by atoms with Crippen molar-refractivity contribution in [2.24, 2.45) is 0 Å². The molecule has 1 unspecified atom stereocenters. The molecule has 1 N–H and O–H groups in total. The van der Waals surface area contributed by atoms with Crippen molar-refractivity contribution in [3.05, 3.63) is 58.9 Å². The highest BCUT2D eigenvalue weighted by Crippen LogP contribution is 2.18. The second-order valence-electron chi connectivity index (χ2n) is 4.58. The molecule has 0 saturated carbocycles. The van der Waals surface area contributed by atoms with Gasteiger partial charge in [-0.3, -0.25) is 4.98 Å². The average Bonchev–Trinajstić information content (AvgIpc) is 2.49. The first-order valence-electron chi connectivity index (χ1n) is 6.73. The number of benzene rings is 1. The molecule has 1 heterocycles. The SMILES string of the molecule is CCC(NC)c1ccc(OCc2ccc(Cl)cc2)cn1. The molecule has 0 spiro atoms. The second kappa shape index (κ2) is 7.27. The standard InChI is InChI=1S/C16H19ClN2O/c1-3-15(18-2)16-9-8-14(10-19-16)20-11-12-4-6-13(17)7-5-12/h4-10,15,18H,3,11H2,1-2H3. The van der Waals surface area contributed by atoms with Crippen LogP contribution in [0.25, 0.3) is 0 Å². The zero-order chi connectivity index (χ0) is 14.4. The first-order chi connectivity index (χ1) is 9.72. The van der Waals surface area contributed by atoms with Crippen molar-refractivity contribution >= 4 is 11.6 Å². The molecule has 2 rings (SSSR count). The molecule has 0 aliphatic rings. The van der Waals surface area contributed by atoms with Gasteiger partial charge in [0.2, 0.25) is 0 Å². The highest BCUT2D eigenvalue weighted by Gasteiger charge is 2.07. The zero-order valence-corrected chi connectivity index (χ0v) is 12.5. The number of nitrogens with one attached hydrogen (secondary N) is 1. The van der Waals surface area contributed by atoms with Crippen LogP contribution in [0.5, 0.6) is 5.75 Å². The minimum atomic E-state index is 0.292. The van der Waals surface area contributed by atoms with Crippen LogP contribution in [0.1, 0.15) is 30.6 Å². The molecule has 1 aromatic carbocycles. The number of aromatic nitrogens is 1. The van der Waals surface area contributed by atoms with Crippen LogP contribution < -0.4 is 10.1 Å². The number of rotatable bonds is 6. The highest BCUT2D eigenvalue weighted by atomic mass is 35.5. The largest absolute Gasteiger partial charge is 0.487 e. The first kappa shape index (κ1) is 14.8. The Morgan fingerprint density at radius 3 is 2.50 bits per heavy atom. The van der Waals surface area contributed by atoms with E-state index in [9.17, 15) is 0 Å². The van der Waals surface area contributed by atoms with Gasteiger partial charge in [0.1, 0.15) is 12.4 Å². The molecule has 0 saturated heterocycles. The molecule has 0 bridgehead atoms. The van der Waals surface area contributed by atoms with E-state index in [1.54, 1.807) is 6.20 Å². The van der Waals surface area contributed by atoms with Gasteiger partial charge in [0.15, 0.2) is 0 Å². The number of hydrogen-bond acceptors (Lipinski definition) is 3. The van der Waals surface area contributed by atoms with Gasteiger partial charge in [-0.15, -0.1) is 0 Å². The molecule has 0 fully saturated rings. The Morgan fingerprint density at radius 2 is 1.95 bits per heavy atom. The third kappa shape index (κ3) is 3.95. The van der Waals surface area contributed by atoms with Crippen molar-refractivity contribution in [3.63, 3.8) is 0 Å².